The molecule has 0 spiro atoms. The molecular formula is C16H26N2O6. The molecule has 2 rings (SSSR count). The summed E-state index contributed by atoms with van der Waals surface area (Å²) in [5.41, 5.74) is -0.785. The molecule has 2 atom stereocenters. The molecule has 0 saturated carbocycles. The maximum atomic E-state index is 11.4. The van der Waals surface area contributed by atoms with E-state index in [1.165, 1.54) is 0 Å². The molecule has 2 aliphatic rings. The minimum Gasteiger partial charge on any atom is -0.480 e. The predicted octanol–water partition coefficient (Wildman–Crippen LogP) is 0.450. The Morgan fingerprint density at radius 3 is 1.71 bits per heavy atom. The second kappa shape index (κ2) is 7.19. The third kappa shape index (κ3) is 4.69. The maximum Gasteiger partial charge on any atom is 0.329 e. The summed E-state index contributed by atoms with van der Waals surface area (Å²) in [5, 5.41) is 13.7. The van der Waals surface area contributed by atoms with E-state index in [1.54, 1.807) is 20.8 Å². The van der Waals surface area contributed by atoms with E-state index in [-0.39, 0.29) is 23.2 Å². The number of aliphatic carboxylic acids is 1. The fourth-order valence-corrected chi connectivity index (χ4v) is 2.85. The zero-order valence-corrected chi connectivity index (χ0v) is 14.8. The van der Waals surface area contributed by atoms with Crippen LogP contribution in [-0.2, 0) is 23.9 Å². The fourth-order valence-electron chi connectivity index (χ4n) is 2.85. The second-order valence-electron chi connectivity index (χ2n) is 7.42. The Morgan fingerprint density at radius 2 is 1.46 bits per heavy atom. The molecule has 136 valence electrons. The van der Waals surface area contributed by atoms with Crippen LogP contribution in [0.25, 0.3) is 0 Å². The summed E-state index contributed by atoms with van der Waals surface area (Å²) >= 11 is 0. The summed E-state index contributed by atoms with van der Waals surface area (Å²) in [4.78, 5) is 43.8. The Balaban J connectivity index is 0.000000243. The van der Waals surface area contributed by atoms with E-state index in [2.05, 4.69) is 10.6 Å². The van der Waals surface area contributed by atoms with Gasteiger partial charge in [0.2, 0.25) is 11.8 Å². The quantitative estimate of drug-likeness (QED) is 0.640. The number of amides is 2. The minimum atomic E-state index is -0.958. The van der Waals surface area contributed by atoms with Crippen LogP contribution in [0.1, 0.15) is 47.5 Å². The van der Waals surface area contributed by atoms with Crippen LogP contribution in [0.5, 0.6) is 0 Å². The molecule has 3 N–H and O–H groups in total. The van der Waals surface area contributed by atoms with Crippen LogP contribution in [0.3, 0.4) is 0 Å². The molecule has 0 aromatic carbocycles. The summed E-state index contributed by atoms with van der Waals surface area (Å²) in [5.74, 6) is -1.55. The van der Waals surface area contributed by atoms with Gasteiger partial charge in [-0.15, -0.1) is 0 Å². The van der Waals surface area contributed by atoms with Gasteiger partial charge in [-0.1, -0.05) is 27.7 Å². The minimum absolute atomic E-state index is 0.0805. The first-order valence-corrected chi connectivity index (χ1v) is 7.89. The number of rotatable bonds is 3. The van der Waals surface area contributed by atoms with Crippen molar-refractivity contribution in [3.05, 3.63) is 0 Å². The fraction of sp³-hybridized carbons (Fsp3) is 0.750. The van der Waals surface area contributed by atoms with Crippen molar-refractivity contribution in [3.63, 3.8) is 0 Å². The predicted molar refractivity (Wildman–Crippen MR) is 84.9 cm³/mol. The third-order valence-corrected chi connectivity index (χ3v) is 4.18. The summed E-state index contributed by atoms with van der Waals surface area (Å²) in [7, 11) is 0. The Morgan fingerprint density at radius 1 is 1.04 bits per heavy atom. The molecule has 8 nitrogen and oxygen atoms in total. The van der Waals surface area contributed by atoms with Gasteiger partial charge in [-0.05, 0) is 6.92 Å². The molecule has 0 aliphatic carbocycles. The summed E-state index contributed by atoms with van der Waals surface area (Å²) in [6, 6.07) is -1.21. The van der Waals surface area contributed by atoms with Crippen LogP contribution >= 0.6 is 0 Å². The zero-order valence-electron chi connectivity index (χ0n) is 14.8. The van der Waals surface area contributed by atoms with E-state index in [0.29, 0.717) is 19.4 Å². The van der Waals surface area contributed by atoms with Crippen molar-refractivity contribution in [1.29, 1.82) is 0 Å². The summed E-state index contributed by atoms with van der Waals surface area (Å²) in [6.07, 6.45) is 0.681. The van der Waals surface area contributed by atoms with Gasteiger partial charge >= 0.3 is 11.9 Å². The number of carbonyl (C=O) groups excluding carboxylic acids is 3. The van der Waals surface area contributed by atoms with E-state index in [9.17, 15) is 19.2 Å². The molecule has 2 amide bonds. The first kappa shape index (κ1) is 19.9. The van der Waals surface area contributed by atoms with E-state index in [1.807, 2.05) is 13.8 Å². The standard InChI is InChI=1S/C9H15NO3.C7H11NO3/c1-4-13-8(12)7-9(2,3)5-6(11)10-7;1-7(2)3-4(9)8-5(7)6(10)11/h7H,4-5H2,1-3H3,(H,10,11);5H,3H2,1-2H3,(H,8,9)(H,10,11). The highest BCUT2D eigenvalue weighted by atomic mass is 16.5. The Hall–Kier alpha value is -2.12. The van der Waals surface area contributed by atoms with Crippen molar-refractivity contribution < 1.29 is 29.0 Å². The van der Waals surface area contributed by atoms with Crippen molar-refractivity contribution in [3.8, 4) is 0 Å². The van der Waals surface area contributed by atoms with E-state index in [4.69, 9.17) is 9.84 Å². The molecule has 0 radical (unpaired) electrons. The number of nitrogens with one attached hydrogen (secondary N) is 2. The van der Waals surface area contributed by atoms with E-state index < -0.39 is 23.5 Å². The van der Waals surface area contributed by atoms with Gasteiger partial charge in [0, 0.05) is 23.7 Å². The summed E-state index contributed by atoms with van der Waals surface area (Å²) < 4.78 is 4.86. The third-order valence-electron chi connectivity index (χ3n) is 4.18. The second-order valence-corrected chi connectivity index (χ2v) is 7.42. The molecule has 2 saturated heterocycles. The normalized spacial score (nSPS) is 26.7. The lowest BCUT2D eigenvalue weighted by atomic mass is 9.85. The Bertz CT molecular complexity index is 541. The first-order valence-electron chi connectivity index (χ1n) is 7.89. The van der Waals surface area contributed by atoms with Crippen molar-refractivity contribution in [2.45, 2.75) is 59.5 Å². The largest absolute Gasteiger partial charge is 0.480 e. The van der Waals surface area contributed by atoms with Gasteiger partial charge in [-0.3, -0.25) is 9.59 Å². The van der Waals surface area contributed by atoms with Crippen LogP contribution in [-0.4, -0.2) is 47.6 Å². The van der Waals surface area contributed by atoms with Gasteiger partial charge in [-0.25, -0.2) is 9.59 Å². The number of hydrogen-bond acceptors (Lipinski definition) is 5. The molecule has 0 bridgehead atoms. The van der Waals surface area contributed by atoms with E-state index in [0.717, 1.165) is 0 Å². The SMILES string of the molecule is CC1(C)CC(=O)NC1C(=O)O.CCOC(=O)C1NC(=O)CC1(C)C. The topological polar surface area (TPSA) is 122 Å². The molecule has 2 aliphatic heterocycles. The number of carboxylic acids is 1. The maximum absolute atomic E-state index is 11.4. The van der Waals surface area contributed by atoms with Crippen LogP contribution in [0.4, 0.5) is 0 Å². The molecule has 24 heavy (non-hydrogen) atoms. The van der Waals surface area contributed by atoms with Crippen LogP contribution in [0.15, 0.2) is 0 Å². The number of hydrogen-bond donors (Lipinski definition) is 3. The molecule has 8 heteroatoms. The lowest BCUT2D eigenvalue weighted by Crippen LogP contribution is -2.42. The average Bonchev–Trinajstić information content (AvgIpc) is 2.84. The smallest absolute Gasteiger partial charge is 0.329 e. The summed E-state index contributed by atoms with van der Waals surface area (Å²) in [6.45, 7) is 9.40. The average molecular weight is 342 g/mol. The van der Waals surface area contributed by atoms with Crippen LogP contribution in [0, 0.1) is 10.8 Å². The van der Waals surface area contributed by atoms with Crippen molar-refractivity contribution in [2.24, 2.45) is 10.8 Å². The molecule has 0 aromatic rings. The molecule has 2 fully saturated rings. The highest BCUT2D eigenvalue weighted by Gasteiger charge is 2.45. The molecule has 2 unspecified atom stereocenters. The highest BCUT2D eigenvalue weighted by molar-refractivity contribution is 5.90. The number of ether oxygens (including phenoxy) is 1. The number of esters is 1. The first-order chi connectivity index (χ1) is 10.9. The van der Waals surface area contributed by atoms with Crippen LogP contribution in [0.2, 0.25) is 0 Å². The van der Waals surface area contributed by atoms with Gasteiger partial charge < -0.3 is 20.5 Å². The number of carbonyl (C=O) groups is 4. The highest BCUT2D eigenvalue weighted by Crippen LogP contribution is 2.31. The van der Waals surface area contributed by atoms with Gasteiger partial charge in [-0.2, -0.15) is 0 Å². The lowest BCUT2D eigenvalue weighted by molar-refractivity contribution is -0.148. The molecule has 0 aromatic heterocycles. The number of carboxylic acid groups (broad SMARTS) is 1. The van der Waals surface area contributed by atoms with E-state index >= 15 is 0 Å². The molecule has 2 heterocycles. The van der Waals surface area contributed by atoms with Crippen LogP contribution < -0.4 is 10.6 Å². The van der Waals surface area contributed by atoms with Gasteiger partial charge in [0.1, 0.15) is 12.1 Å². The molecular weight excluding hydrogens is 316 g/mol. The Labute approximate surface area is 141 Å². The Kier molecular flexibility index (Phi) is 5.97. The van der Waals surface area contributed by atoms with Crippen molar-refractivity contribution in [2.75, 3.05) is 6.61 Å². The van der Waals surface area contributed by atoms with Gasteiger partial charge in [0.25, 0.3) is 0 Å². The zero-order chi connectivity index (χ0) is 18.7. The van der Waals surface area contributed by atoms with Crippen molar-refractivity contribution in [1.82, 2.24) is 10.6 Å². The van der Waals surface area contributed by atoms with Gasteiger partial charge in [0.05, 0.1) is 6.61 Å². The van der Waals surface area contributed by atoms with Crippen molar-refractivity contribution >= 4 is 23.8 Å². The lowest BCUT2D eigenvalue weighted by Gasteiger charge is -2.22. The van der Waals surface area contributed by atoms with Gasteiger partial charge in [0.15, 0.2) is 0 Å². The monoisotopic (exact) mass is 342 g/mol.